The van der Waals surface area contributed by atoms with Gasteiger partial charge in [-0.2, -0.15) is 0 Å². The molecule has 0 aromatic heterocycles. The van der Waals surface area contributed by atoms with Crippen molar-refractivity contribution in [3.8, 4) is 0 Å². The summed E-state index contributed by atoms with van der Waals surface area (Å²) in [4.78, 5) is 25.4. The Bertz CT molecular complexity index is 1080. The fourth-order valence-corrected chi connectivity index (χ4v) is 11.7. The molecule has 11 atom stereocenters. The fourth-order valence-electron chi connectivity index (χ4n) is 9.99. The molecule has 4 aliphatic carbocycles. The lowest BCUT2D eigenvalue weighted by molar-refractivity contribution is -0.142. The highest BCUT2D eigenvalue weighted by Crippen LogP contribution is 2.66. The van der Waals surface area contributed by atoms with Crippen molar-refractivity contribution in [2.24, 2.45) is 52.3 Å². The summed E-state index contributed by atoms with van der Waals surface area (Å²) in [5.41, 5.74) is 1.54. The van der Waals surface area contributed by atoms with Crippen LogP contribution in [0.1, 0.15) is 120 Å². The number of carbonyl (C=O) groups excluding carboxylic acids is 2. The number of fused-ring (bicyclic) bond motifs is 5. The second kappa shape index (κ2) is 13.5. The van der Waals surface area contributed by atoms with Gasteiger partial charge in [0.1, 0.15) is 0 Å². The van der Waals surface area contributed by atoms with Crippen LogP contribution in [0.2, 0.25) is 18.1 Å². The van der Waals surface area contributed by atoms with E-state index in [9.17, 15) is 9.59 Å². The molecule has 4 rings (SSSR count). The van der Waals surface area contributed by atoms with Crippen LogP contribution in [0.4, 0.5) is 0 Å². The van der Waals surface area contributed by atoms with Crippen LogP contribution in [0.15, 0.2) is 11.6 Å². The van der Waals surface area contributed by atoms with Crippen molar-refractivity contribution in [1.82, 2.24) is 0 Å². The molecule has 3 fully saturated rings. The molecule has 0 N–H and O–H groups in total. The van der Waals surface area contributed by atoms with Crippen LogP contribution in [0, 0.1) is 52.3 Å². The van der Waals surface area contributed by atoms with E-state index in [0.29, 0.717) is 53.5 Å². The third kappa shape index (κ3) is 7.00. The fraction of sp³-hybridized carbons (Fsp3) is 0.892. The van der Waals surface area contributed by atoms with Gasteiger partial charge in [-0.3, -0.25) is 9.59 Å². The lowest BCUT2D eigenvalue weighted by Gasteiger charge is -2.61. The van der Waals surface area contributed by atoms with Gasteiger partial charge in [-0.25, -0.2) is 0 Å². The number of ketones is 1. The molecule has 0 amide bonds. The van der Waals surface area contributed by atoms with Gasteiger partial charge in [0.05, 0.1) is 12.7 Å². The maximum Gasteiger partial charge on any atom is 0.302 e. The van der Waals surface area contributed by atoms with Crippen molar-refractivity contribution in [2.45, 2.75) is 150 Å². The molecule has 5 nitrogen and oxygen atoms in total. The second-order valence-corrected chi connectivity index (χ2v) is 22.6. The van der Waals surface area contributed by atoms with Crippen LogP contribution in [-0.2, 0) is 23.3 Å². The molecule has 0 aliphatic heterocycles. The van der Waals surface area contributed by atoms with Gasteiger partial charge in [0.2, 0.25) is 0 Å². The van der Waals surface area contributed by atoms with Crippen LogP contribution < -0.4 is 0 Å². The van der Waals surface area contributed by atoms with E-state index >= 15 is 0 Å². The Morgan fingerprint density at radius 2 is 1.77 bits per heavy atom. The molecule has 3 saturated carbocycles. The minimum atomic E-state index is -1.79. The van der Waals surface area contributed by atoms with E-state index in [-0.39, 0.29) is 34.4 Å². The van der Waals surface area contributed by atoms with Crippen molar-refractivity contribution in [3.63, 3.8) is 0 Å². The van der Waals surface area contributed by atoms with E-state index in [1.165, 1.54) is 51.0 Å². The molecular formula is C37H65O5PSi. The summed E-state index contributed by atoms with van der Waals surface area (Å²) in [7, 11) is 0.730. The molecule has 44 heavy (non-hydrogen) atoms. The average Bonchev–Trinajstić information content (AvgIpc) is 3.19. The number of hydrogen-bond acceptors (Lipinski definition) is 5. The second-order valence-electron chi connectivity index (χ2n) is 17.6. The SMILES string of the molecule is CC(=O)OCCC(CC(OP)C(C)C1=CC(=O)C2C3CCC4CC(O[Si](C)(C)C(C)(C)C)CC[C@]4(C)C3CC[C@]12C)C(C)C. The third-order valence-electron chi connectivity index (χ3n) is 13.8. The van der Waals surface area contributed by atoms with Crippen LogP contribution in [0.25, 0.3) is 0 Å². The Labute approximate surface area is 273 Å². The molecule has 0 heterocycles. The summed E-state index contributed by atoms with van der Waals surface area (Å²) in [6.07, 6.45) is 12.5. The van der Waals surface area contributed by atoms with Crippen molar-refractivity contribution >= 4 is 29.5 Å². The van der Waals surface area contributed by atoms with Gasteiger partial charge in [-0.1, -0.05) is 61.0 Å². The normalized spacial score (nSPS) is 36.2. The topological polar surface area (TPSA) is 61.8 Å². The van der Waals surface area contributed by atoms with E-state index in [0.717, 1.165) is 19.3 Å². The zero-order valence-corrected chi connectivity index (χ0v) is 32.1. The number of rotatable bonds is 11. The molecule has 0 saturated heterocycles. The third-order valence-corrected chi connectivity index (χ3v) is 18.7. The highest BCUT2D eigenvalue weighted by Gasteiger charge is 2.62. The first-order chi connectivity index (χ1) is 20.4. The number of esters is 1. The predicted molar refractivity (Wildman–Crippen MR) is 186 cm³/mol. The highest BCUT2D eigenvalue weighted by atomic mass is 31.0. The first kappa shape index (κ1) is 36.3. The number of allylic oxidation sites excluding steroid dienone is 1. The van der Waals surface area contributed by atoms with Gasteiger partial charge < -0.3 is 13.7 Å². The first-order valence-corrected chi connectivity index (χ1v) is 21.2. The van der Waals surface area contributed by atoms with Crippen LogP contribution in [0.3, 0.4) is 0 Å². The molecule has 0 aromatic rings. The Balaban J connectivity index is 1.47. The molecule has 0 aromatic carbocycles. The Kier molecular flexibility index (Phi) is 11.1. The molecule has 9 unspecified atom stereocenters. The summed E-state index contributed by atoms with van der Waals surface area (Å²) >= 11 is 0. The summed E-state index contributed by atoms with van der Waals surface area (Å²) < 4.78 is 18.4. The Hall–Kier alpha value is -0.553. The Morgan fingerprint density at radius 1 is 1.09 bits per heavy atom. The zero-order valence-electron chi connectivity index (χ0n) is 30.0. The van der Waals surface area contributed by atoms with Crippen molar-refractivity contribution in [2.75, 3.05) is 6.61 Å². The number of hydrogen-bond donors (Lipinski definition) is 0. The van der Waals surface area contributed by atoms with Crippen molar-refractivity contribution in [3.05, 3.63) is 11.6 Å². The van der Waals surface area contributed by atoms with Gasteiger partial charge in [-0.15, -0.1) is 0 Å². The van der Waals surface area contributed by atoms with E-state index < -0.39 is 8.32 Å². The summed E-state index contributed by atoms with van der Waals surface area (Å²) in [6.45, 7) is 25.5. The molecular weight excluding hydrogens is 583 g/mol. The molecule has 0 bridgehead atoms. The van der Waals surface area contributed by atoms with E-state index in [2.05, 4.69) is 84.0 Å². The largest absolute Gasteiger partial charge is 0.466 e. The van der Waals surface area contributed by atoms with Crippen LogP contribution in [0.5, 0.6) is 0 Å². The molecule has 4 aliphatic rings. The number of ether oxygens (including phenoxy) is 1. The predicted octanol–water partition coefficient (Wildman–Crippen LogP) is 9.56. The first-order valence-electron chi connectivity index (χ1n) is 17.8. The molecule has 252 valence electrons. The number of carbonyl (C=O) groups is 2. The minimum Gasteiger partial charge on any atom is -0.466 e. The highest BCUT2D eigenvalue weighted by molar-refractivity contribution is 7.09. The minimum absolute atomic E-state index is 0.00140. The van der Waals surface area contributed by atoms with Crippen molar-refractivity contribution in [1.29, 1.82) is 0 Å². The maximum absolute atomic E-state index is 14.0. The van der Waals surface area contributed by atoms with Gasteiger partial charge in [0, 0.05) is 34.3 Å². The smallest absolute Gasteiger partial charge is 0.302 e. The van der Waals surface area contributed by atoms with Crippen molar-refractivity contribution < 1.29 is 23.3 Å². The van der Waals surface area contributed by atoms with E-state index in [4.69, 9.17) is 13.7 Å². The maximum atomic E-state index is 14.0. The van der Waals surface area contributed by atoms with Gasteiger partial charge >= 0.3 is 5.97 Å². The summed E-state index contributed by atoms with van der Waals surface area (Å²) in [5.74, 6) is 3.05. The Morgan fingerprint density at radius 3 is 2.36 bits per heavy atom. The van der Waals surface area contributed by atoms with Gasteiger partial charge in [0.25, 0.3) is 0 Å². The van der Waals surface area contributed by atoms with Crippen LogP contribution in [-0.4, -0.2) is 38.9 Å². The molecule has 0 spiro atoms. The zero-order chi connectivity index (χ0) is 32.8. The van der Waals surface area contributed by atoms with E-state index in [1.807, 2.05) is 0 Å². The monoisotopic (exact) mass is 648 g/mol. The summed E-state index contributed by atoms with van der Waals surface area (Å²) in [6, 6.07) is 0. The standard InChI is InChI=1S/C37H65O5PSi/c1-23(2)26(16-19-40-25(4)38)20-33(41-43)24(3)31-22-32(39)34-29-13-12-27-21-28(42-44(10,11)35(5,6)7)14-17-36(27,8)30(29)15-18-37(31,34)9/h22-24,26-30,33-34H,12-21,43H2,1-11H3/t24?,26?,27?,28?,29?,30?,33?,34?,36-,37+/m0/s1. The average molecular weight is 649 g/mol. The van der Waals surface area contributed by atoms with Gasteiger partial charge in [0.15, 0.2) is 14.1 Å². The molecule has 0 radical (unpaired) electrons. The van der Waals surface area contributed by atoms with E-state index in [1.54, 1.807) is 0 Å². The van der Waals surface area contributed by atoms with Gasteiger partial charge in [-0.05, 0) is 122 Å². The summed E-state index contributed by atoms with van der Waals surface area (Å²) in [5, 5.41) is 0.240. The quantitative estimate of drug-likeness (QED) is 0.127. The van der Waals surface area contributed by atoms with Crippen LogP contribution >= 0.6 is 9.47 Å². The lowest BCUT2D eigenvalue weighted by atomic mass is 9.44. The molecule has 7 heteroatoms. The lowest BCUT2D eigenvalue weighted by Crippen LogP contribution is -2.56.